The molecule has 27 heavy (non-hydrogen) atoms. The molecule has 148 valence electrons. The molecular weight excluding hydrogens is 390 g/mol. The van der Waals surface area contributed by atoms with E-state index in [0.717, 1.165) is 0 Å². The maximum atomic E-state index is 12.5. The fraction of sp³-hybridized carbons (Fsp3) is 0.278. The highest BCUT2D eigenvalue weighted by Gasteiger charge is 2.21. The van der Waals surface area contributed by atoms with Gasteiger partial charge in [-0.15, -0.1) is 12.4 Å². The Hall–Kier alpha value is -2.29. The van der Waals surface area contributed by atoms with Gasteiger partial charge in [-0.3, -0.25) is 4.79 Å². The number of sulfonamides is 1. The SMILES string of the molecule is CCN(CC)S(=O)(=O)c1ccc(C(=O)Nc2ccc(OC)c(N)c2)cc1.Cl. The maximum Gasteiger partial charge on any atom is 0.255 e. The number of amides is 1. The molecule has 2 aromatic rings. The Bertz CT molecular complexity index is 882. The Labute approximate surface area is 166 Å². The molecule has 0 fully saturated rings. The fourth-order valence-corrected chi connectivity index (χ4v) is 3.96. The zero-order chi connectivity index (χ0) is 19.3. The lowest BCUT2D eigenvalue weighted by molar-refractivity contribution is 0.102. The lowest BCUT2D eigenvalue weighted by Crippen LogP contribution is -2.30. The normalized spacial score (nSPS) is 11.0. The van der Waals surface area contributed by atoms with E-state index in [9.17, 15) is 13.2 Å². The van der Waals surface area contributed by atoms with Crippen LogP contribution in [0, 0.1) is 0 Å². The molecule has 0 heterocycles. The molecule has 0 atom stereocenters. The Morgan fingerprint density at radius 3 is 2.19 bits per heavy atom. The maximum absolute atomic E-state index is 12.5. The van der Waals surface area contributed by atoms with Crippen molar-refractivity contribution in [1.82, 2.24) is 4.31 Å². The molecule has 0 unspecified atom stereocenters. The van der Waals surface area contributed by atoms with Gasteiger partial charge in [-0.2, -0.15) is 4.31 Å². The minimum atomic E-state index is -3.54. The molecule has 0 aliphatic carbocycles. The fourth-order valence-electron chi connectivity index (χ4n) is 2.51. The monoisotopic (exact) mass is 413 g/mol. The van der Waals surface area contributed by atoms with Crippen molar-refractivity contribution in [3.05, 3.63) is 48.0 Å². The summed E-state index contributed by atoms with van der Waals surface area (Å²) in [4.78, 5) is 12.5. The first-order chi connectivity index (χ1) is 12.3. The second-order valence-corrected chi connectivity index (χ2v) is 7.46. The van der Waals surface area contributed by atoms with Crippen LogP contribution in [-0.2, 0) is 10.0 Å². The number of carbonyl (C=O) groups is 1. The smallest absolute Gasteiger partial charge is 0.255 e. The zero-order valence-electron chi connectivity index (χ0n) is 15.4. The molecule has 0 bridgehead atoms. The number of hydrogen-bond donors (Lipinski definition) is 2. The van der Waals surface area contributed by atoms with Crippen molar-refractivity contribution in [3.8, 4) is 5.75 Å². The van der Waals surface area contributed by atoms with Gasteiger partial charge in [-0.25, -0.2) is 8.42 Å². The number of halogens is 1. The van der Waals surface area contributed by atoms with E-state index in [2.05, 4.69) is 5.32 Å². The van der Waals surface area contributed by atoms with Crippen LogP contribution in [0.15, 0.2) is 47.4 Å². The molecule has 0 aromatic heterocycles. The van der Waals surface area contributed by atoms with E-state index in [1.165, 1.54) is 35.7 Å². The second kappa shape index (κ2) is 9.59. The predicted molar refractivity (Wildman–Crippen MR) is 109 cm³/mol. The summed E-state index contributed by atoms with van der Waals surface area (Å²) < 4.78 is 31.4. The first kappa shape index (κ1) is 22.8. The molecule has 7 nitrogen and oxygen atoms in total. The second-order valence-electron chi connectivity index (χ2n) is 5.52. The third-order valence-electron chi connectivity index (χ3n) is 3.95. The number of anilines is 2. The Morgan fingerprint density at radius 1 is 1.11 bits per heavy atom. The first-order valence-electron chi connectivity index (χ1n) is 8.18. The van der Waals surface area contributed by atoms with Gasteiger partial charge in [0.25, 0.3) is 5.91 Å². The highest BCUT2D eigenvalue weighted by molar-refractivity contribution is 7.89. The number of carbonyl (C=O) groups excluding carboxylic acids is 1. The summed E-state index contributed by atoms with van der Waals surface area (Å²) in [5.74, 6) is 0.162. The van der Waals surface area contributed by atoms with Gasteiger partial charge in [-0.05, 0) is 42.5 Å². The van der Waals surface area contributed by atoms with Gasteiger partial charge in [-0.1, -0.05) is 13.8 Å². The number of benzene rings is 2. The van der Waals surface area contributed by atoms with Gasteiger partial charge in [0, 0.05) is 24.3 Å². The van der Waals surface area contributed by atoms with Crippen LogP contribution >= 0.6 is 12.4 Å². The molecule has 2 aromatic carbocycles. The number of hydrogen-bond acceptors (Lipinski definition) is 5. The first-order valence-corrected chi connectivity index (χ1v) is 9.62. The summed E-state index contributed by atoms with van der Waals surface area (Å²) in [6, 6.07) is 10.8. The molecule has 2 rings (SSSR count). The van der Waals surface area contributed by atoms with Crippen LogP contribution in [0.4, 0.5) is 11.4 Å². The zero-order valence-corrected chi connectivity index (χ0v) is 17.1. The molecule has 0 saturated carbocycles. The van der Waals surface area contributed by atoms with Crippen molar-refractivity contribution in [2.45, 2.75) is 18.7 Å². The topological polar surface area (TPSA) is 102 Å². The number of nitrogens with two attached hydrogens (primary N) is 1. The summed E-state index contributed by atoms with van der Waals surface area (Å²) in [5, 5.41) is 2.72. The Morgan fingerprint density at radius 2 is 1.70 bits per heavy atom. The van der Waals surface area contributed by atoms with E-state index < -0.39 is 10.0 Å². The van der Waals surface area contributed by atoms with Crippen LogP contribution in [-0.4, -0.2) is 38.8 Å². The van der Waals surface area contributed by atoms with Crippen molar-refractivity contribution < 1.29 is 17.9 Å². The lowest BCUT2D eigenvalue weighted by Gasteiger charge is -2.18. The average molecular weight is 414 g/mol. The van der Waals surface area contributed by atoms with Crippen molar-refractivity contribution >= 4 is 39.7 Å². The van der Waals surface area contributed by atoms with E-state index in [4.69, 9.17) is 10.5 Å². The van der Waals surface area contributed by atoms with Gasteiger partial charge < -0.3 is 15.8 Å². The highest BCUT2D eigenvalue weighted by atomic mass is 35.5. The molecule has 0 spiro atoms. The van der Waals surface area contributed by atoms with Crippen LogP contribution in [0.5, 0.6) is 5.75 Å². The van der Waals surface area contributed by atoms with Crippen LogP contribution in [0.2, 0.25) is 0 Å². The average Bonchev–Trinajstić information content (AvgIpc) is 2.62. The summed E-state index contributed by atoms with van der Waals surface area (Å²) in [6.45, 7) is 4.34. The molecule has 3 N–H and O–H groups in total. The van der Waals surface area contributed by atoms with E-state index in [1.807, 2.05) is 0 Å². The summed E-state index contributed by atoms with van der Waals surface area (Å²) in [5.41, 5.74) is 7.10. The van der Waals surface area contributed by atoms with Crippen molar-refractivity contribution in [1.29, 1.82) is 0 Å². The largest absolute Gasteiger partial charge is 0.495 e. The third-order valence-corrected chi connectivity index (χ3v) is 6.01. The van der Waals surface area contributed by atoms with Crippen LogP contribution in [0.25, 0.3) is 0 Å². The highest BCUT2D eigenvalue weighted by Crippen LogP contribution is 2.25. The molecule has 9 heteroatoms. The number of methoxy groups -OCH3 is 1. The molecule has 0 aliphatic heterocycles. The third kappa shape index (κ3) is 5.12. The van der Waals surface area contributed by atoms with E-state index in [-0.39, 0.29) is 23.2 Å². The van der Waals surface area contributed by atoms with E-state index in [1.54, 1.807) is 32.0 Å². The van der Waals surface area contributed by atoms with Crippen LogP contribution in [0.3, 0.4) is 0 Å². The van der Waals surface area contributed by atoms with Crippen LogP contribution in [0.1, 0.15) is 24.2 Å². The number of nitrogens with zero attached hydrogens (tertiary/aromatic N) is 1. The molecule has 0 saturated heterocycles. The number of nitrogens with one attached hydrogen (secondary N) is 1. The van der Waals surface area contributed by atoms with Crippen molar-refractivity contribution in [3.63, 3.8) is 0 Å². The quantitative estimate of drug-likeness (QED) is 0.679. The van der Waals surface area contributed by atoms with Gasteiger partial charge in [0.1, 0.15) is 5.75 Å². The summed E-state index contributed by atoms with van der Waals surface area (Å²) in [7, 11) is -2.03. The summed E-state index contributed by atoms with van der Waals surface area (Å²) in [6.07, 6.45) is 0. The minimum absolute atomic E-state index is 0. The summed E-state index contributed by atoms with van der Waals surface area (Å²) >= 11 is 0. The van der Waals surface area contributed by atoms with Gasteiger partial charge >= 0.3 is 0 Å². The number of rotatable bonds is 7. The van der Waals surface area contributed by atoms with Crippen molar-refractivity contribution in [2.75, 3.05) is 31.2 Å². The molecule has 1 amide bonds. The van der Waals surface area contributed by atoms with Crippen molar-refractivity contribution in [2.24, 2.45) is 0 Å². The molecular formula is C18H24ClN3O4S. The number of nitrogen functional groups attached to an aromatic ring is 1. The van der Waals surface area contributed by atoms with Gasteiger partial charge in [0.2, 0.25) is 10.0 Å². The van der Waals surface area contributed by atoms with Gasteiger partial charge in [0.05, 0.1) is 17.7 Å². The Kier molecular flexibility index (Phi) is 8.08. The standard InChI is InChI=1S/C18H23N3O4S.ClH/c1-4-21(5-2)26(23,24)15-9-6-13(7-10-15)18(22)20-14-8-11-17(25-3)16(19)12-14;/h6-12H,4-5,19H2,1-3H3,(H,20,22);1H. The lowest BCUT2D eigenvalue weighted by atomic mass is 10.2. The predicted octanol–water partition coefficient (Wildman–Crippen LogP) is 2.98. The number of ether oxygens (including phenoxy) is 1. The van der Waals surface area contributed by atoms with Crippen LogP contribution < -0.4 is 15.8 Å². The molecule has 0 aliphatic rings. The van der Waals surface area contributed by atoms with E-state index in [0.29, 0.717) is 35.8 Å². The molecule has 0 radical (unpaired) electrons. The Balaban J connectivity index is 0.00000364. The van der Waals surface area contributed by atoms with Gasteiger partial charge in [0.15, 0.2) is 0 Å². The minimum Gasteiger partial charge on any atom is -0.495 e. The van der Waals surface area contributed by atoms with E-state index >= 15 is 0 Å².